The summed E-state index contributed by atoms with van der Waals surface area (Å²) in [5.74, 6) is 0.0482. The predicted octanol–water partition coefficient (Wildman–Crippen LogP) is 3.89. The van der Waals surface area contributed by atoms with Gasteiger partial charge in [-0.1, -0.05) is 54.8 Å². The number of carbonyl (C=O) groups is 2. The van der Waals surface area contributed by atoms with Crippen molar-refractivity contribution in [1.82, 2.24) is 16.1 Å². The van der Waals surface area contributed by atoms with Crippen molar-refractivity contribution in [1.29, 1.82) is 0 Å². The summed E-state index contributed by atoms with van der Waals surface area (Å²) in [4.78, 5) is 30.0. The molecule has 2 aromatic rings. The Bertz CT molecular complexity index is 1010. The van der Waals surface area contributed by atoms with Crippen molar-refractivity contribution < 1.29 is 14.8 Å². The Hall–Kier alpha value is -3.36. The Morgan fingerprint density at radius 3 is 2.45 bits per heavy atom. The number of hydrogen-bond donors (Lipinski definition) is 4. The van der Waals surface area contributed by atoms with Gasteiger partial charge < -0.3 is 10.6 Å². The van der Waals surface area contributed by atoms with E-state index in [0.717, 1.165) is 30.6 Å². The molecule has 0 spiro atoms. The van der Waals surface area contributed by atoms with Crippen molar-refractivity contribution in [3.8, 4) is 0 Å². The SMILES string of the molecule is O=C(CCCCCCNC(=O)C1=CNC(N(c2ccccc2)c2ccccc2Cl)=NC1)NO. The summed E-state index contributed by atoms with van der Waals surface area (Å²) in [5.41, 5.74) is 3.85. The number of aliphatic imine (C=N–C) groups is 1. The smallest absolute Gasteiger partial charge is 0.250 e. The van der Waals surface area contributed by atoms with Crippen LogP contribution in [0.25, 0.3) is 0 Å². The molecule has 0 aromatic heterocycles. The van der Waals surface area contributed by atoms with E-state index in [1.807, 2.05) is 59.5 Å². The molecular formula is C24H28ClN5O3. The molecule has 2 amide bonds. The van der Waals surface area contributed by atoms with Crippen molar-refractivity contribution in [3.05, 3.63) is 71.4 Å². The Balaban J connectivity index is 1.53. The van der Waals surface area contributed by atoms with Crippen molar-refractivity contribution in [2.45, 2.75) is 32.1 Å². The number of nitrogens with one attached hydrogen (secondary N) is 3. The minimum absolute atomic E-state index is 0.158. The molecule has 4 N–H and O–H groups in total. The van der Waals surface area contributed by atoms with Crippen LogP contribution in [-0.2, 0) is 9.59 Å². The zero-order valence-corrected chi connectivity index (χ0v) is 19.0. The summed E-state index contributed by atoms with van der Waals surface area (Å²) >= 11 is 6.46. The molecule has 2 aromatic carbocycles. The molecule has 0 bridgehead atoms. The van der Waals surface area contributed by atoms with Crippen LogP contribution < -0.4 is 21.0 Å². The normalized spacial score (nSPS) is 12.8. The highest BCUT2D eigenvalue weighted by atomic mass is 35.5. The van der Waals surface area contributed by atoms with Gasteiger partial charge in [0.1, 0.15) is 0 Å². The first-order valence-electron chi connectivity index (χ1n) is 10.9. The van der Waals surface area contributed by atoms with Gasteiger partial charge in [-0.3, -0.25) is 19.7 Å². The van der Waals surface area contributed by atoms with Gasteiger partial charge in [0.2, 0.25) is 11.9 Å². The molecule has 1 aliphatic heterocycles. The van der Waals surface area contributed by atoms with Crippen molar-refractivity contribution in [2.24, 2.45) is 4.99 Å². The number of para-hydroxylation sites is 2. The minimum atomic E-state index is -0.375. The second kappa shape index (κ2) is 12.6. The van der Waals surface area contributed by atoms with E-state index in [0.29, 0.717) is 35.9 Å². The number of unbranched alkanes of at least 4 members (excludes halogenated alkanes) is 3. The minimum Gasteiger partial charge on any atom is -0.352 e. The fourth-order valence-corrected chi connectivity index (χ4v) is 3.62. The highest BCUT2D eigenvalue weighted by molar-refractivity contribution is 6.34. The van der Waals surface area contributed by atoms with Crippen molar-refractivity contribution >= 4 is 40.7 Å². The van der Waals surface area contributed by atoms with E-state index >= 15 is 0 Å². The van der Waals surface area contributed by atoms with Gasteiger partial charge in [-0.15, -0.1) is 0 Å². The van der Waals surface area contributed by atoms with Crippen LogP contribution in [0.3, 0.4) is 0 Å². The lowest BCUT2D eigenvalue weighted by molar-refractivity contribution is -0.129. The maximum Gasteiger partial charge on any atom is 0.250 e. The first-order valence-corrected chi connectivity index (χ1v) is 11.3. The van der Waals surface area contributed by atoms with E-state index in [9.17, 15) is 9.59 Å². The predicted molar refractivity (Wildman–Crippen MR) is 130 cm³/mol. The van der Waals surface area contributed by atoms with E-state index < -0.39 is 0 Å². The summed E-state index contributed by atoms with van der Waals surface area (Å²) in [6, 6.07) is 17.3. The first-order chi connectivity index (χ1) is 16.1. The largest absolute Gasteiger partial charge is 0.352 e. The summed E-state index contributed by atoms with van der Waals surface area (Å²) in [7, 11) is 0. The Labute approximate surface area is 198 Å². The fourth-order valence-electron chi connectivity index (χ4n) is 3.40. The average molecular weight is 470 g/mol. The van der Waals surface area contributed by atoms with E-state index in [4.69, 9.17) is 16.8 Å². The van der Waals surface area contributed by atoms with Gasteiger partial charge in [0, 0.05) is 24.9 Å². The second-order valence-electron chi connectivity index (χ2n) is 7.53. The molecule has 0 fully saturated rings. The maximum atomic E-state index is 12.5. The van der Waals surface area contributed by atoms with Crippen LogP contribution >= 0.6 is 11.6 Å². The van der Waals surface area contributed by atoms with E-state index in [2.05, 4.69) is 15.6 Å². The topological polar surface area (TPSA) is 106 Å². The third-order valence-electron chi connectivity index (χ3n) is 5.13. The standard InChI is InChI=1S/C24H28ClN5O3/c25-20-12-7-8-13-21(20)30(19-10-4-3-5-11-19)24-27-16-18(17-28-24)23(32)26-15-9-2-1-6-14-22(31)29-33/h3-5,7-8,10-13,16,33H,1-2,6,9,14-15,17H2,(H,26,32)(H,27,28)(H,29,31). The Morgan fingerprint density at radius 2 is 1.76 bits per heavy atom. The number of nitrogens with zero attached hydrogens (tertiary/aromatic N) is 2. The molecule has 174 valence electrons. The highest BCUT2D eigenvalue weighted by Gasteiger charge is 2.21. The molecule has 0 saturated carbocycles. The number of hydrogen-bond acceptors (Lipinski definition) is 6. The van der Waals surface area contributed by atoms with E-state index in [-0.39, 0.29) is 18.4 Å². The van der Waals surface area contributed by atoms with Gasteiger partial charge in [0.05, 0.1) is 22.8 Å². The molecule has 8 nitrogen and oxygen atoms in total. The number of carbonyl (C=O) groups excluding carboxylic acids is 2. The zero-order valence-electron chi connectivity index (χ0n) is 18.3. The van der Waals surface area contributed by atoms with Gasteiger partial charge in [-0.05, 0) is 37.1 Å². The van der Waals surface area contributed by atoms with Crippen LogP contribution in [0.15, 0.2) is 71.4 Å². The lowest BCUT2D eigenvalue weighted by Gasteiger charge is -2.28. The second-order valence-corrected chi connectivity index (χ2v) is 7.94. The monoisotopic (exact) mass is 469 g/mol. The third kappa shape index (κ3) is 7.06. The highest BCUT2D eigenvalue weighted by Crippen LogP contribution is 2.32. The van der Waals surface area contributed by atoms with Gasteiger partial charge >= 0.3 is 0 Å². The summed E-state index contributed by atoms with van der Waals surface area (Å²) in [6.45, 7) is 0.799. The Kier molecular flexibility index (Phi) is 9.29. The van der Waals surface area contributed by atoms with Gasteiger partial charge in [-0.2, -0.15) is 0 Å². The van der Waals surface area contributed by atoms with Crippen LogP contribution in [0.2, 0.25) is 5.02 Å². The molecule has 0 saturated heterocycles. The number of benzene rings is 2. The summed E-state index contributed by atoms with van der Waals surface area (Å²) in [5, 5.41) is 15.1. The quantitative estimate of drug-likeness (QED) is 0.240. The lowest BCUT2D eigenvalue weighted by atomic mass is 10.1. The molecule has 0 aliphatic carbocycles. The zero-order chi connectivity index (χ0) is 23.5. The third-order valence-corrected chi connectivity index (χ3v) is 5.45. The molecule has 0 unspecified atom stereocenters. The number of anilines is 2. The fraction of sp³-hybridized carbons (Fsp3) is 0.292. The number of hydroxylamine groups is 1. The molecule has 0 atom stereocenters. The number of halogens is 1. The molecule has 1 heterocycles. The van der Waals surface area contributed by atoms with Gasteiger partial charge in [0.25, 0.3) is 5.91 Å². The van der Waals surface area contributed by atoms with E-state index in [1.165, 1.54) is 0 Å². The summed E-state index contributed by atoms with van der Waals surface area (Å²) in [6.07, 6.45) is 5.25. The number of rotatable bonds is 10. The lowest BCUT2D eigenvalue weighted by Crippen LogP contribution is -2.40. The Morgan fingerprint density at radius 1 is 1.03 bits per heavy atom. The average Bonchev–Trinajstić information content (AvgIpc) is 2.85. The molecule has 1 aliphatic rings. The molecular weight excluding hydrogens is 442 g/mol. The van der Waals surface area contributed by atoms with Crippen molar-refractivity contribution in [3.63, 3.8) is 0 Å². The first kappa shape index (κ1) is 24.3. The van der Waals surface area contributed by atoms with Crippen LogP contribution in [0.4, 0.5) is 11.4 Å². The van der Waals surface area contributed by atoms with Gasteiger partial charge in [0.15, 0.2) is 0 Å². The van der Waals surface area contributed by atoms with Crippen LogP contribution in [0.1, 0.15) is 32.1 Å². The number of amides is 2. The maximum absolute atomic E-state index is 12.5. The van der Waals surface area contributed by atoms with Crippen molar-refractivity contribution in [2.75, 3.05) is 18.0 Å². The molecule has 9 heteroatoms. The van der Waals surface area contributed by atoms with Crippen LogP contribution in [0.5, 0.6) is 0 Å². The van der Waals surface area contributed by atoms with Crippen LogP contribution in [-0.4, -0.2) is 36.1 Å². The van der Waals surface area contributed by atoms with E-state index in [1.54, 1.807) is 11.7 Å². The number of guanidine groups is 1. The summed E-state index contributed by atoms with van der Waals surface area (Å²) < 4.78 is 0. The van der Waals surface area contributed by atoms with Gasteiger partial charge in [-0.25, -0.2) is 10.5 Å². The van der Waals surface area contributed by atoms with Crippen LogP contribution in [0, 0.1) is 0 Å². The molecule has 33 heavy (non-hydrogen) atoms. The molecule has 3 rings (SSSR count). The molecule has 0 radical (unpaired) electrons.